The van der Waals surface area contributed by atoms with Gasteiger partial charge in [-0.15, -0.1) is 0 Å². The maximum absolute atomic E-state index is 10.9. The third kappa shape index (κ3) is 4.61. The zero-order chi connectivity index (χ0) is 8.69. The molecule has 0 aliphatic rings. The van der Waals surface area contributed by atoms with Crippen LogP contribution >= 0.6 is 0 Å². The number of ether oxygens (including phenoxy) is 1. The van der Waals surface area contributed by atoms with E-state index in [-0.39, 0.29) is 12.7 Å². The molecule has 0 radical (unpaired) electrons. The fourth-order valence-corrected chi connectivity index (χ4v) is 0.633. The van der Waals surface area contributed by atoms with Gasteiger partial charge in [-0.05, 0) is 13.3 Å². The van der Waals surface area contributed by atoms with Crippen LogP contribution in [0.5, 0.6) is 0 Å². The molecule has 0 aliphatic heterocycles. The molecule has 0 fully saturated rings. The summed E-state index contributed by atoms with van der Waals surface area (Å²) in [6, 6.07) is 0. The van der Waals surface area contributed by atoms with E-state index < -0.39 is 0 Å². The smallest absolute Gasteiger partial charge is 0.409 e. The molecule has 0 saturated heterocycles. The fraction of sp³-hybridized carbons (Fsp3) is 0.857. The fourth-order valence-electron chi connectivity index (χ4n) is 0.633. The first-order chi connectivity index (χ1) is 5.22. The average molecular weight is 161 g/mol. The molecule has 1 N–H and O–H groups in total. The second-order valence-electron chi connectivity index (χ2n) is 2.20. The van der Waals surface area contributed by atoms with Crippen molar-refractivity contribution in [2.75, 3.05) is 26.8 Å². The summed E-state index contributed by atoms with van der Waals surface area (Å²) < 4.78 is 4.71. The number of aliphatic hydroxyl groups excluding tert-OH is 1. The van der Waals surface area contributed by atoms with Gasteiger partial charge >= 0.3 is 6.09 Å². The molecule has 66 valence electrons. The van der Waals surface area contributed by atoms with Crippen LogP contribution in [0.2, 0.25) is 0 Å². The molecule has 0 aromatic heterocycles. The van der Waals surface area contributed by atoms with Gasteiger partial charge in [0.25, 0.3) is 0 Å². The van der Waals surface area contributed by atoms with E-state index in [2.05, 4.69) is 0 Å². The van der Waals surface area contributed by atoms with Crippen molar-refractivity contribution in [1.82, 2.24) is 4.90 Å². The molecule has 0 aromatic carbocycles. The first kappa shape index (κ1) is 10.2. The van der Waals surface area contributed by atoms with Crippen molar-refractivity contribution in [3.05, 3.63) is 0 Å². The quantitative estimate of drug-likeness (QED) is 0.651. The van der Waals surface area contributed by atoms with Crippen molar-refractivity contribution < 1.29 is 14.6 Å². The average Bonchev–Trinajstić information content (AvgIpc) is 2.00. The highest BCUT2D eigenvalue weighted by Gasteiger charge is 2.06. The monoisotopic (exact) mass is 161 g/mol. The Morgan fingerprint density at radius 3 is 2.73 bits per heavy atom. The highest BCUT2D eigenvalue weighted by Crippen LogP contribution is 1.91. The van der Waals surface area contributed by atoms with Crippen molar-refractivity contribution in [2.24, 2.45) is 0 Å². The predicted molar refractivity (Wildman–Crippen MR) is 41.4 cm³/mol. The van der Waals surface area contributed by atoms with Gasteiger partial charge in [-0.3, -0.25) is 0 Å². The minimum atomic E-state index is -0.332. The lowest BCUT2D eigenvalue weighted by molar-refractivity contribution is 0.113. The van der Waals surface area contributed by atoms with Gasteiger partial charge in [0.1, 0.15) is 0 Å². The Morgan fingerprint density at radius 1 is 1.64 bits per heavy atom. The second-order valence-corrected chi connectivity index (χ2v) is 2.20. The minimum absolute atomic E-state index is 0.101. The van der Waals surface area contributed by atoms with E-state index in [0.717, 1.165) is 0 Å². The van der Waals surface area contributed by atoms with Crippen molar-refractivity contribution in [2.45, 2.75) is 13.3 Å². The van der Waals surface area contributed by atoms with Crippen molar-refractivity contribution in [3.8, 4) is 0 Å². The molecule has 0 atom stereocenters. The number of hydrogen-bond acceptors (Lipinski definition) is 3. The summed E-state index contributed by atoms with van der Waals surface area (Å²) in [4.78, 5) is 12.3. The standard InChI is InChI=1S/C7H15NO3/c1-3-11-7(10)8(2)5-4-6-9/h9H,3-6H2,1-2H3. The highest BCUT2D eigenvalue weighted by molar-refractivity contribution is 5.67. The van der Waals surface area contributed by atoms with E-state index >= 15 is 0 Å². The van der Waals surface area contributed by atoms with E-state index in [9.17, 15) is 4.79 Å². The molecule has 11 heavy (non-hydrogen) atoms. The van der Waals surface area contributed by atoms with Crippen LogP contribution in [0, 0.1) is 0 Å². The first-order valence-corrected chi connectivity index (χ1v) is 3.71. The number of rotatable bonds is 4. The molecule has 0 heterocycles. The van der Waals surface area contributed by atoms with Crippen molar-refractivity contribution >= 4 is 6.09 Å². The number of carbonyl (C=O) groups excluding carboxylic acids is 1. The Hall–Kier alpha value is -0.770. The Bertz CT molecular complexity index is 116. The molecular formula is C7H15NO3. The van der Waals surface area contributed by atoms with E-state index in [1.54, 1.807) is 14.0 Å². The lowest BCUT2D eigenvalue weighted by Gasteiger charge is -2.14. The van der Waals surface area contributed by atoms with Crippen LogP contribution in [0.4, 0.5) is 4.79 Å². The summed E-state index contributed by atoms with van der Waals surface area (Å²) >= 11 is 0. The van der Waals surface area contributed by atoms with Gasteiger partial charge in [0.15, 0.2) is 0 Å². The van der Waals surface area contributed by atoms with Gasteiger partial charge in [0.05, 0.1) is 6.61 Å². The molecule has 1 amide bonds. The molecule has 0 unspecified atom stereocenters. The zero-order valence-corrected chi connectivity index (χ0v) is 7.04. The van der Waals surface area contributed by atoms with Gasteiger partial charge in [0, 0.05) is 20.2 Å². The first-order valence-electron chi connectivity index (χ1n) is 3.71. The molecule has 0 spiro atoms. The maximum Gasteiger partial charge on any atom is 0.409 e. The Labute approximate surface area is 66.8 Å². The molecule has 4 heteroatoms. The topological polar surface area (TPSA) is 49.8 Å². The molecule has 0 rings (SSSR count). The van der Waals surface area contributed by atoms with Crippen LogP contribution in [0.15, 0.2) is 0 Å². The van der Waals surface area contributed by atoms with Gasteiger partial charge in [-0.2, -0.15) is 0 Å². The third-order valence-electron chi connectivity index (χ3n) is 1.23. The Kier molecular flexibility index (Phi) is 5.56. The zero-order valence-electron chi connectivity index (χ0n) is 7.04. The Morgan fingerprint density at radius 2 is 2.27 bits per heavy atom. The number of carbonyl (C=O) groups is 1. The molecule has 0 aromatic rings. The van der Waals surface area contributed by atoms with E-state index in [1.165, 1.54) is 4.90 Å². The summed E-state index contributed by atoms with van der Waals surface area (Å²) in [7, 11) is 1.65. The van der Waals surface area contributed by atoms with Gasteiger partial charge < -0.3 is 14.7 Å². The normalized spacial score (nSPS) is 9.36. The molecular weight excluding hydrogens is 146 g/mol. The minimum Gasteiger partial charge on any atom is -0.450 e. The summed E-state index contributed by atoms with van der Waals surface area (Å²) in [6.07, 6.45) is 0.260. The molecule has 0 aliphatic carbocycles. The predicted octanol–water partition coefficient (Wildman–Crippen LogP) is 0.457. The molecule has 0 saturated carbocycles. The molecule has 4 nitrogen and oxygen atoms in total. The lowest BCUT2D eigenvalue weighted by atomic mass is 10.4. The summed E-state index contributed by atoms with van der Waals surface area (Å²) in [5.41, 5.74) is 0. The van der Waals surface area contributed by atoms with E-state index in [4.69, 9.17) is 9.84 Å². The van der Waals surface area contributed by atoms with Crippen molar-refractivity contribution in [3.63, 3.8) is 0 Å². The van der Waals surface area contributed by atoms with Gasteiger partial charge in [0.2, 0.25) is 0 Å². The highest BCUT2D eigenvalue weighted by atomic mass is 16.5. The van der Waals surface area contributed by atoms with E-state index in [0.29, 0.717) is 19.6 Å². The summed E-state index contributed by atoms with van der Waals surface area (Å²) in [5, 5.41) is 8.45. The largest absolute Gasteiger partial charge is 0.450 e. The van der Waals surface area contributed by atoms with Crippen LogP contribution in [-0.4, -0.2) is 42.9 Å². The van der Waals surface area contributed by atoms with Crippen molar-refractivity contribution in [1.29, 1.82) is 0 Å². The third-order valence-corrected chi connectivity index (χ3v) is 1.23. The van der Waals surface area contributed by atoms with E-state index in [1.807, 2.05) is 0 Å². The van der Waals surface area contributed by atoms with Crippen LogP contribution in [0.25, 0.3) is 0 Å². The lowest BCUT2D eigenvalue weighted by Crippen LogP contribution is -2.28. The maximum atomic E-state index is 10.9. The summed E-state index contributed by atoms with van der Waals surface area (Å²) in [5.74, 6) is 0. The van der Waals surface area contributed by atoms with Crippen LogP contribution in [-0.2, 0) is 4.74 Å². The van der Waals surface area contributed by atoms with Gasteiger partial charge in [-0.1, -0.05) is 0 Å². The number of amides is 1. The van der Waals surface area contributed by atoms with Gasteiger partial charge in [-0.25, -0.2) is 4.79 Å². The number of aliphatic hydroxyl groups is 1. The number of hydrogen-bond donors (Lipinski definition) is 1. The summed E-state index contributed by atoms with van der Waals surface area (Å²) in [6.45, 7) is 2.79. The number of nitrogens with zero attached hydrogens (tertiary/aromatic N) is 1. The Balaban J connectivity index is 3.46. The van der Waals surface area contributed by atoms with Crippen LogP contribution in [0.3, 0.4) is 0 Å². The van der Waals surface area contributed by atoms with Crippen LogP contribution < -0.4 is 0 Å². The second kappa shape index (κ2) is 5.97. The SMILES string of the molecule is CCOC(=O)N(C)CCCO. The molecule has 0 bridgehead atoms. The van der Waals surface area contributed by atoms with Crippen LogP contribution in [0.1, 0.15) is 13.3 Å².